The maximum absolute atomic E-state index is 12.8. The van der Waals surface area contributed by atoms with E-state index in [0.29, 0.717) is 12.5 Å². The summed E-state index contributed by atoms with van der Waals surface area (Å²) < 4.78 is -0.620. The molecule has 4 atom stereocenters. The molecule has 1 amide bonds. The molecule has 0 spiro atoms. The minimum Gasteiger partial charge on any atom is -0.351 e. The van der Waals surface area contributed by atoms with Gasteiger partial charge in [-0.05, 0) is 24.5 Å². The molecule has 0 aliphatic heterocycles. The van der Waals surface area contributed by atoms with Gasteiger partial charge in [-0.2, -0.15) is 0 Å². The quantitative estimate of drug-likeness (QED) is 0.663. The number of alkyl halides is 1. The number of benzene rings is 1. The number of hydrogen-bond acceptors (Lipinski definition) is 2. The van der Waals surface area contributed by atoms with Gasteiger partial charge in [0.05, 0.1) is 5.38 Å². The fourth-order valence-electron chi connectivity index (χ4n) is 3.24. The van der Waals surface area contributed by atoms with E-state index in [-0.39, 0.29) is 17.2 Å². The number of hydrogen-bond donors (Lipinski definition) is 1. The van der Waals surface area contributed by atoms with Crippen LogP contribution in [0.4, 0.5) is 0 Å². The van der Waals surface area contributed by atoms with E-state index in [1.54, 1.807) is 17.8 Å². The molecule has 3 rings (SSSR count). The summed E-state index contributed by atoms with van der Waals surface area (Å²) in [6.07, 6.45) is 6.99. The van der Waals surface area contributed by atoms with E-state index in [1.165, 1.54) is 0 Å². The average molecular weight is 320 g/mol. The molecule has 110 valence electrons. The molecule has 1 aromatic rings. The molecule has 1 fully saturated rings. The van der Waals surface area contributed by atoms with E-state index >= 15 is 0 Å². The van der Waals surface area contributed by atoms with Crippen LogP contribution in [0, 0.1) is 11.8 Å². The van der Waals surface area contributed by atoms with E-state index in [9.17, 15) is 4.79 Å². The molecule has 2 aliphatic carbocycles. The van der Waals surface area contributed by atoms with Gasteiger partial charge in [0.1, 0.15) is 4.75 Å². The normalized spacial score (nSPS) is 33.1. The van der Waals surface area contributed by atoms with Crippen molar-refractivity contribution in [3.05, 3.63) is 55.1 Å². The second kappa shape index (κ2) is 5.90. The van der Waals surface area contributed by atoms with Crippen LogP contribution in [0.3, 0.4) is 0 Å². The maximum Gasteiger partial charge on any atom is 0.239 e. The van der Waals surface area contributed by atoms with Crippen molar-refractivity contribution in [2.75, 3.05) is 6.54 Å². The van der Waals surface area contributed by atoms with Gasteiger partial charge in [-0.1, -0.05) is 36.4 Å². The summed E-state index contributed by atoms with van der Waals surface area (Å²) in [5.74, 6) is 0.510. The van der Waals surface area contributed by atoms with Crippen LogP contribution in [-0.4, -0.2) is 22.6 Å². The Bertz CT molecular complexity index is 573. The smallest absolute Gasteiger partial charge is 0.239 e. The zero-order valence-corrected chi connectivity index (χ0v) is 13.2. The molecule has 0 saturated heterocycles. The minimum absolute atomic E-state index is 0.0214. The van der Waals surface area contributed by atoms with Gasteiger partial charge in [0.15, 0.2) is 0 Å². The standard InChI is InChI=1S/C17H18ClNOS/c1-2-10-19-16(20)17(21-14-6-4-3-5-7-14)13-9-8-12(11-13)15(17)18/h2-9,12-13,15H,1,10-11H2,(H,19,20)/t12-,13+,15+,17-/m0/s1. The predicted molar refractivity (Wildman–Crippen MR) is 88.6 cm³/mol. The van der Waals surface area contributed by atoms with Crippen LogP contribution in [0.15, 0.2) is 60.0 Å². The Morgan fingerprint density at radius 1 is 1.43 bits per heavy atom. The van der Waals surface area contributed by atoms with Crippen LogP contribution in [0.25, 0.3) is 0 Å². The molecule has 2 nitrogen and oxygen atoms in total. The Morgan fingerprint density at radius 3 is 2.81 bits per heavy atom. The Morgan fingerprint density at radius 2 is 2.19 bits per heavy atom. The number of amides is 1. The summed E-state index contributed by atoms with van der Waals surface area (Å²) in [6, 6.07) is 10.0. The van der Waals surface area contributed by atoms with E-state index in [0.717, 1.165) is 11.3 Å². The van der Waals surface area contributed by atoms with E-state index < -0.39 is 4.75 Å². The molecule has 2 bridgehead atoms. The number of halogens is 1. The van der Waals surface area contributed by atoms with Crippen molar-refractivity contribution in [2.24, 2.45) is 11.8 Å². The zero-order valence-electron chi connectivity index (χ0n) is 11.7. The molecule has 1 saturated carbocycles. The van der Waals surface area contributed by atoms with Crippen molar-refractivity contribution in [3.63, 3.8) is 0 Å². The maximum atomic E-state index is 12.8. The number of rotatable bonds is 5. The highest BCUT2D eigenvalue weighted by atomic mass is 35.5. The van der Waals surface area contributed by atoms with E-state index in [1.807, 2.05) is 30.3 Å². The number of nitrogens with one attached hydrogen (secondary N) is 1. The summed E-state index contributed by atoms with van der Waals surface area (Å²) >= 11 is 8.30. The average Bonchev–Trinajstić information content (AvgIpc) is 3.08. The summed E-state index contributed by atoms with van der Waals surface area (Å²) in [4.78, 5) is 13.9. The van der Waals surface area contributed by atoms with Gasteiger partial charge in [-0.25, -0.2) is 0 Å². The van der Waals surface area contributed by atoms with Gasteiger partial charge in [0.25, 0.3) is 0 Å². The third-order valence-electron chi connectivity index (χ3n) is 4.24. The van der Waals surface area contributed by atoms with Crippen LogP contribution >= 0.6 is 23.4 Å². The molecule has 1 N–H and O–H groups in total. The number of thioether (sulfide) groups is 1. The van der Waals surface area contributed by atoms with Gasteiger partial charge >= 0.3 is 0 Å². The van der Waals surface area contributed by atoms with Crippen LogP contribution < -0.4 is 5.32 Å². The fourth-order valence-corrected chi connectivity index (χ4v) is 5.29. The van der Waals surface area contributed by atoms with Crippen molar-refractivity contribution in [2.45, 2.75) is 21.4 Å². The number of allylic oxidation sites excluding steroid dienone is 2. The van der Waals surface area contributed by atoms with Crippen molar-refractivity contribution in [1.29, 1.82) is 0 Å². The molecular weight excluding hydrogens is 302 g/mol. The molecule has 0 radical (unpaired) electrons. The van der Waals surface area contributed by atoms with Crippen molar-refractivity contribution in [3.8, 4) is 0 Å². The first-order valence-electron chi connectivity index (χ1n) is 7.14. The number of carbonyl (C=O) groups excluding carboxylic acids is 1. The first-order valence-corrected chi connectivity index (χ1v) is 8.39. The Kier molecular flexibility index (Phi) is 4.14. The Hall–Kier alpha value is -1.19. The molecular formula is C17H18ClNOS. The lowest BCUT2D eigenvalue weighted by Gasteiger charge is -2.37. The second-order valence-electron chi connectivity index (χ2n) is 5.50. The molecule has 4 heteroatoms. The first-order chi connectivity index (χ1) is 10.2. The Labute approximate surface area is 134 Å². The van der Waals surface area contributed by atoms with Gasteiger partial charge in [-0.3, -0.25) is 4.79 Å². The molecule has 0 heterocycles. The predicted octanol–water partition coefficient (Wildman–Crippen LogP) is 3.63. The highest BCUT2D eigenvalue weighted by Crippen LogP contribution is 2.57. The Balaban J connectivity index is 1.94. The van der Waals surface area contributed by atoms with Crippen LogP contribution in [0.2, 0.25) is 0 Å². The summed E-state index contributed by atoms with van der Waals surface area (Å²) in [7, 11) is 0. The SMILES string of the molecule is C=CCNC(=O)[C@]1(Sc2ccccc2)[C@@H]2C=C[C@@H](C2)[C@H]1Cl. The van der Waals surface area contributed by atoms with Gasteiger partial charge in [-0.15, -0.1) is 29.9 Å². The molecule has 21 heavy (non-hydrogen) atoms. The molecule has 0 unspecified atom stereocenters. The lowest BCUT2D eigenvalue weighted by molar-refractivity contribution is -0.123. The fraction of sp³-hybridized carbons (Fsp3) is 0.353. The van der Waals surface area contributed by atoms with E-state index in [2.05, 4.69) is 24.0 Å². The topological polar surface area (TPSA) is 29.1 Å². The van der Waals surface area contributed by atoms with Crippen molar-refractivity contribution in [1.82, 2.24) is 5.32 Å². The summed E-state index contributed by atoms with van der Waals surface area (Å²) in [5.41, 5.74) is 0. The van der Waals surface area contributed by atoms with Gasteiger partial charge in [0.2, 0.25) is 5.91 Å². The van der Waals surface area contributed by atoms with E-state index in [4.69, 9.17) is 11.6 Å². The summed E-state index contributed by atoms with van der Waals surface area (Å²) in [6.45, 7) is 4.14. The van der Waals surface area contributed by atoms with Crippen LogP contribution in [0.1, 0.15) is 6.42 Å². The minimum atomic E-state index is -0.620. The third kappa shape index (κ3) is 2.43. The third-order valence-corrected chi connectivity index (χ3v) is 6.63. The second-order valence-corrected chi connectivity index (χ2v) is 7.32. The van der Waals surface area contributed by atoms with Gasteiger partial charge in [0, 0.05) is 17.4 Å². The summed E-state index contributed by atoms with van der Waals surface area (Å²) in [5, 5.41) is 2.78. The van der Waals surface area contributed by atoms with Gasteiger partial charge < -0.3 is 5.32 Å². The van der Waals surface area contributed by atoms with Crippen molar-refractivity contribution >= 4 is 29.3 Å². The highest BCUT2D eigenvalue weighted by molar-refractivity contribution is 8.01. The monoisotopic (exact) mass is 319 g/mol. The molecule has 1 aromatic carbocycles. The van der Waals surface area contributed by atoms with Crippen LogP contribution in [0.5, 0.6) is 0 Å². The first kappa shape index (κ1) is 14.7. The zero-order chi connectivity index (χ0) is 14.9. The van der Waals surface area contributed by atoms with Crippen LogP contribution in [-0.2, 0) is 4.79 Å². The number of fused-ring (bicyclic) bond motifs is 2. The highest BCUT2D eigenvalue weighted by Gasteiger charge is 2.60. The lowest BCUT2D eigenvalue weighted by atomic mass is 9.91. The number of carbonyl (C=O) groups is 1. The lowest BCUT2D eigenvalue weighted by Crippen LogP contribution is -2.53. The molecule has 2 aliphatic rings. The van der Waals surface area contributed by atoms with Crippen molar-refractivity contribution < 1.29 is 4.79 Å². The largest absolute Gasteiger partial charge is 0.351 e. The molecule has 0 aromatic heterocycles.